The molecule has 2 aromatic carbocycles. The third-order valence-corrected chi connectivity index (χ3v) is 4.74. The molecule has 0 atom stereocenters. The second-order valence-electron chi connectivity index (χ2n) is 6.16. The summed E-state index contributed by atoms with van der Waals surface area (Å²) in [5.41, 5.74) is 8.39. The minimum absolute atomic E-state index is 0.0256. The molecule has 0 unspecified atom stereocenters. The molecule has 6 heteroatoms. The van der Waals surface area contributed by atoms with Gasteiger partial charge in [-0.25, -0.2) is 0 Å². The van der Waals surface area contributed by atoms with E-state index in [1.165, 1.54) is 0 Å². The maximum atomic E-state index is 11.2. The highest BCUT2D eigenvalue weighted by molar-refractivity contribution is 7.80. The first-order chi connectivity index (χ1) is 12.1. The highest BCUT2D eigenvalue weighted by atomic mass is 32.1. The Morgan fingerprint density at radius 1 is 0.960 bits per heavy atom. The van der Waals surface area contributed by atoms with Crippen molar-refractivity contribution in [3.05, 3.63) is 54.6 Å². The Labute approximate surface area is 153 Å². The van der Waals surface area contributed by atoms with Crippen molar-refractivity contribution in [2.45, 2.75) is 12.8 Å². The number of nitrogens with one attached hydrogen (secondary N) is 2. The van der Waals surface area contributed by atoms with Gasteiger partial charge in [0, 0.05) is 36.1 Å². The van der Waals surface area contributed by atoms with Crippen LogP contribution < -0.4 is 16.4 Å². The van der Waals surface area contributed by atoms with Gasteiger partial charge in [-0.3, -0.25) is 4.79 Å². The summed E-state index contributed by atoms with van der Waals surface area (Å²) < 4.78 is 0. The number of rotatable bonds is 4. The van der Waals surface area contributed by atoms with Gasteiger partial charge < -0.3 is 21.3 Å². The van der Waals surface area contributed by atoms with E-state index < -0.39 is 0 Å². The lowest BCUT2D eigenvalue weighted by atomic mass is 9.97. The molecule has 1 fully saturated rings. The van der Waals surface area contributed by atoms with E-state index in [-0.39, 0.29) is 11.8 Å². The molecule has 1 amide bonds. The fourth-order valence-electron chi connectivity index (χ4n) is 2.89. The summed E-state index contributed by atoms with van der Waals surface area (Å²) in [6.45, 7) is 1.51. The first kappa shape index (κ1) is 17.2. The number of benzene rings is 2. The van der Waals surface area contributed by atoms with Crippen LogP contribution >= 0.6 is 12.2 Å². The molecular weight excluding hydrogens is 332 g/mol. The topological polar surface area (TPSA) is 70.4 Å². The summed E-state index contributed by atoms with van der Waals surface area (Å²) in [6, 6.07) is 18.0. The van der Waals surface area contributed by atoms with Gasteiger partial charge in [-0.2, -0.15) is 0 Å². The van der Waals surface area contributed by atoms with Crippen LogP contribution in [0.1, 0.15) is 12.8 Å². The standard InChI is InChI=1S/C19H22N4OS/c20-18(24)14-10-12-23(13-11-14)19(25)22-17-8-6-16(7-9-17)21-15-4-2-1-3-5-15/h1-9,14,21H,10-13H2,(H2,20,24)(H,22,25). The average Bonchev–Trinajstić information content (AvgIpc) is 2.64. The first-order valence-corrected chi connectivity index (χ1v) is 8.80. The van der Waals surface area contributed by atoms with Crippen LogP contribution in [0.4, 0.5) is 17.1 Å². The molecule has 1 aliphatic heterocycles. The molecule has 2 aromatic rings. The second kappa shape index (κ2) is 7.98. The Balaban J connectivity index is 1.53. The van der Waals surface area contributed by atoms with Gasteiger partial charge in [0.05, 0.1) is 0 Å². The van der Waals surface area contributed by atoms with Gasteiger partial charge in [-0.15, -0.1) is 0 Å². The zero-order chi connectivity index (χ0) is 17.6. The van der Waals surface area contributed by atoms with Crippen molar-refractivity contribution in [3.8, 4) is 0 Å². The van der Waals surface area contributed by atoms with Crippen LogP contribution in [0.15, 0.2) is 54.6 Å². The third kappa shape index (κ3) is 4.70. The van der Waals surface area contributed by atoms with Gasteiger partial charge in [0.1, 0.15) is 0 Å². The minimum atomic E-state index is -0.208. The maximum Gasteiger partial charge on any atom is 0.220 e. The Hall–Kier alpha value is -2.60. The van der Waals surface area contributed by atoms with E-state index in [0.29, 0.717) is 5.11 Å². The second-order valence-corrected chi connectivity index (χ2v) is 6.55. The van der Waals surface area contributed by atoms with Crippen LogP contribution in [0, 0.1) is 5.92 Å². The van der Waals surface area contributed by atoms with E-state index in [9.17, 15) is 4.79 Å². The first-order valence-electron chi connectivity index (χ1n) is 8.39. The summed E-state index contributed by atoms with van der Waals surface area (Å²) >= 11 is 5.48. The molecule has 130 valence electrons. The molecule has 0 radical (unpaired) electrons. The molecule has 4 N–H and O–H groups in total. The molecule has 0 aliphatic carbocycles. The number of carbonyl (C=O) groups is 1. The molecule has 0 saturated carbocycles. The van der Waals surface area contributed by atoms with Gasteiger partial charge in [0.15, 0.2) is 5.11 Å². The fourth-order valence-corrected chi connectivity index (χ4v) is 3.20. The Morgan fingerprint density at radius 3 is 2.12 bits per heavy atom. The smallest absolute Gasteiger partial charge is 0.220 e. The van der Waals surface area contributed by atoms with Crippen molar-refractivity contribution >= 4 is 40.3 Å². The number of anilines is 3. The average molecular weight is 354 g/mol. The van der Waals surface area contributed by atoms with Gasteiger partial charge >= 0.3 is 0 Å². The number of thiocarbonyl (C=S) groups is 1. The lowest BCUT2D eigenvalue weighted by molar-refractivity contribution is -0.122. The van der Waals surface area contributed by atoms with E-state index in [2.05, 4.69) is 15.5 Å². The monoisotopic (exact) mass is 354 g/mol. The predicted molar refractivity (Wildman–Crippen MR) is 106 cm³/mol. The molecule has 1 heterocycles. The lowest BCUT2D eigenvalue weighted by Gasteiger charge is -2.32. The number of likely N-dealkylation sites (tertiary alicyclic amines) is 1. The molecule has 1 aliphatic rings. The molecule has 0 bridgehead atoms. The highest BCUT2D eigenvalue weighted by Gasteiger charge is 2.24. The van der Waals surface area contributed by atoms with E-state index in [1.54, 1.807) is 0 Å². The predicted octanol–water partition coefficient (Wildman–Crippen LogP) is 3.32. The lowest BCUT2D eigenvalue weighted by Crippen LogP contribution is -2.43. The summed E-state index contributed by atoms with van der Waals surface area (Å²) in [5, 5.41) is 7.30. The van der Waals surface area contributed by atoms with E-state index in [4.69, 9.17) is 18.0 Å². The number of primary amides is 1. The zero-order valence-corrected chi connectivity index (χ0v) is 14.8. The quantitative estimate of drug-likeness (QED) is 0.735. The Morgan fingerprint density at radius 2 is 1.52 bits per heavy atom. The maximum absolute atomic E-state index is 11.2. The number of piperidine rings is 1. The zero-order valence-electron chi connectivity index (χ0n) is 13.9. The largest absolute Gasteiger partial charge is 0.369 e. The number of carbonyl (C=O) groups excluding carboxylic acids is 1. The van der Waals surface area contributed by atoms with Crippen molar-refractivity contribution in [1.82, 2.24) is 4.90 Å². The number of hydrogen-bond donors (Lipinski definition) is 3. The van der Waals surface area contributed by atoms with E-state index in [0.717, 1.165) is 43.0 Å². The normalized spacial score (nSPS) is 14.8. The van der Waals surface area contributed by atoms with Crippen LogP contribution in [0.2, 0.25) is 0 Å². The van der Waals surface area contributed by atoms with Crippen molar-refractivity contribution in [3.63, 3.8) is 0 Å². The van der Waals surface area contributed by atoms with Crippen molar-refractivity contribution < 1.29 is 4.79 Å². The van der Waals surface area contributed by atoms with Gasteiger partial charge in [-0.1, -0.05) is 18.2 Å². The van der Waals surface area contributed by atoms with Crippen LogP contribution in [0.25, 0.3) is 0 Å². The molecule has 0 aromatic heterocycles. The summed E-state index contributed by atoms with van der Waals surface area (Å²) in [4.78, 5) is 13.3. The number of amides is 1. The number of nitrogens with two attached hydrogens (primary N) is 1. The molecule has 3 rings (SSSR count). The summed E-state index contributed by atoms with van der Waals surface area (Å²) in [6.07, 6.45) is 1.52. The third-order valence-electron chi connectivity index (χ3n) is 4.38. The number of para-hydroxylation sites is 1. The van der Waals surface area contributed by atoms with E-state index in [1.807, 2.05) is 54.6 Å². The fraction of sp³-hybridized carbons (Fsp3) is 0.263. The van der Waals surface area contributed by atoms with Crippen molar-refractivity contribution in [2.75, 3.05) is 23.7 Å². The molecular formula is C19H22N4OS. The molecule has 0 spiro atoms. The van der Waals surface area contributed by atoms with Gasteiger partial charge in [-0.05, 0) is 61.5 Å². The van der Waals surface area contributed by atoms with Gasteiger partial charge in [0.25, 0.3) is 0 Å². The molecule has 1 saturated heterocycles. The minimum Gasteiger partial charge on any atom is -0.369 e. The SMILES string of the molecule is NC(=O)C1CCN(C(=S)Nc2ccc(Nc3ccccc3)cc2)CC1. The van der Waals surface area contributed by atoms with Crippen molar-refractivity contribution in [2.24, 2.45) is 11.7 Å². The molecule has 5 nitrogen and oxygen atoms in total. The van der Waals surface area contributed by atoms with Crippen LogP contribution in [-0.4, -0.2) is 29.0 Å². The van der Waals surface area contributed by atoms with Crippen LogP contribution in [0.3, 0.4) is 0 Å². The highest BCUT2D eigenvalue weighted by Crippen LogP contribution is 2.20. The molecule has 25 heavy (non-hydrogen) atoms. The van der Waals surface area contributed by atoms with Crippen LogP contribution in [-0.2, 0) is 4.79 Å². The van der Waals surface area contributed by atoms with E-state index >= 15 is 0 Å². The van der Waals surface area contributed by atoms with Crippen molar-refractivity contribution in [1.29, 1.82) is 0 Å². The Bertz CT molecular complexity index is 725. The number of nitrogens with zero attached hydrogens (tertiary/aromatic N) is 1. The van der Waals surface area contributed by atoms with Crippen LogP contribution in [0.5, 0.6) is 0 Å². The number of hydrogen-bond acceptors (Lipinski definition) is 3. The van der Waals surface area contributed by atoms with Gasteiger partial charge in [0.2, 0.25) is 5.91 Å². The summed E-state index contributed by atoms with van der Waals surface area (Å²) in [5.74, 6) is -0.234. The summed E-state index contributed by atoms with van der Waals surface area (Å²) in [7, 11) is 0. The Kier molecular flexibility index (Phi) is 5.50.